The van der Waals surface area contributed by atoms with Gasteiger partial charge in [0, 0.05) is 6.04 Å². The standard InChI is InChI=1S/C13H21NO/c1-4-15-12-7-5-6-11(9-12)13(14)8-10(2)3/h5-7,9-10,13H,4,8,14H2,1-3H3/t13-/m1/s1. The van der Waals surface area contributed by atoms with E-state index < -0.39 is 0 Å². The summed E-state index contributed by atoms with van der Waals surface area (Å²) in [4.78, 5) is 0. The van der Waals surface area contributed by atoms with Gasteiger partial charge >= 0.3 is 0 Å². The van der Waals surface area contributed by atoms with Crippen LogP contribution in [0, 0.1) is 5.92 Å². The molecule has 1 aromatic rings. The van der Waals surface area contributed by atoms with E-state index in [9.17, 15) is 0 Å². The summed E-state index contributed by atoms with van der Waals surface area (Å²) >= 11 is 0. The first-order valence-corrected chi connectivity index (χ1v) is 5.61. The van der Waals surface area contributed by atoms with Crippen molar-refractivity contribution in [1.82, 2.24) is 0 Å². The van der Waals surface area contributed by atoms with Gasteiger partial charge in [-0.1, -0.05) is 26.0 Å². The van der Waals surface area contributed by atoms with Gasteiger partial charge < -0.3 is 10.5 Å². The van der Waals surface area contributed by atoms with Crippen molar-refractivity contribution in [3.8, 4) is 5.75 Å². The van der Waals surface area contributed by atoms with Gasteiger partial charge in [-0.25, -0.2) is 0 Å². The quantitative estimate of drug-likeness (QED) is 0.805. The summed E-state index contributed by atoms with van der Waals surface area (Å²) in [6, 6.07) is 8.19. The maximum atomic E-state index is 6.11. The molecule has 0 heterocycles. The van der Waals surface area contributed by atoms with Crippen LogP contribution in [0.1, 0.15) is 38.8 Å². The Morgan fingerprint density at radius 3 is 2.67 bits per heavy atom. The first kappa shape index (κ1) is 12.1. The van der Waals surface area contributed by atoms with Crippen LogP contribution in [0.5, 0.6) is 5.75 Å². The molecular weight excluding hydrogens is 186 g/mol. The van der Waals surface area contributed by atoms with Gasteiger partial charge in [-0.05, 0) is 37.0 Å². The molecule has 0 radical (unpaired) electrons. The Balaban J connectivity index is 2.71. The molecule has 15 heavy (non-hydrogen) atoms. The molecule has 0 amide bonds. The van der Waals surface area contributed by atoms with Crippen LogP contribution < -0.4 is 10.5 Å². The third kappa shape index (κ3) is 3.92. The molecule has 0 spiro atoms. The van der Waals surface area contributed by atoms with Crippen LogP contribution >= 0.6 is 0 Å². The van der Waals surface area contributed by atoms with Crippen molar-refractivity contribution in [2.75, 3.05) is 6.61 Å². The third-order valence-electron chi connectivity index (χ3n) is 2.32. The van der Waals surface area contributed by atoms with Crippen molar-refractivity contribution >= 4 is 0 Å². The fourth-order valence-electron chi connectivity index (χ4n) is 1.65. The second-order valence-corrected chi connectivity index (χ2v) is 4.24. The van der Waals surface area contributed by atoms with Crippen LogP contribution in [-0.2, 0) is 0 Å². The normalized spacial score (nSPS) is 12.9. The summed E-state index contributed by atoms with van der Waals surface area (Å²) in [7, 11) is 0. The highest BCUT2D eigenvalue weighted by molar-refractivity contribution is 5.30. The molecular formula is C13H21NO. The minimum absolute atomic E-state index is 0.116. The lowest BCUT2D eigenvalue weighted by Gasteiger charge is -2.15. The molecule has 0 bridgehead atoms. The van der Waals surface area contributed by atoms with Gasteiger partial charge in [0.25, 0.3) is 0 Å². The summed E-state index contributed by atoms with van der Waals surface area (Å²) in [5, 5.41) is 0. The summed E-state index contributed by atoms with van der Waals surface area (Å²) in [6.07, 6.45) is 1.01. The minimum atomic E-state index is 0.116. The van der Waals surface area contributed by atoms with E-state index in [4.69, 9.17) is 10.5 Å². The lowest BCUT2D eigenvalue weighted by molar-refractivity contribution is 0.339. The summed E-state index contributed by atoms with van der Waals surface area (Å²) in [5.41, 5.74) is 7.27. The first-order chi connectivity index (χ1) is 7.13. The SMILES string of the molecule is CCOc1cccc([C@H](N)CC(C)C)c1. The molecule has 1 aromatic carbocycles. The molecule has 84 valence electrons. The van der Waals surface area contributed by atoms with Crippen LogP contribution in [0.3, 0.4) is 0 Å². The molecule has 0 fully saturated rings. The molecule has 2 N–H and O–H groups in total. The zero-order valence-electron chi connectivity index (χ0n) is 9.86. The van der Waals surface area contributed by atoms with E-state index in [0.717, 1.165) is 17.7 Å². The van der Waals surface area contributed by atoms with Gasteiger partial charge in [0.2, 0.25) is 0 Å². The van der Waals surface area contributed by atoms with Crippen molar-refractivity contribution < 1.29 is 4.74 Å². The van der Waals surface area contributed by atoms with Crippen molar-refractivity contribution in [2.24, 2.45) is 11.7 Å². The van der Waals surface area contributed by atoms with E-state index >= 15 is 0 Å². The first-order valence-electron chi connectivity index (χ1n) is 5.61. The molecule has 0 unspecified atom stereocenters. The second-order valence-electron chi connectivity index (χ2n) is 4.24. The average molecular weight is 207 g/mol. The predicted octanol–water partition coefficient (Wildman–Crippen LogP) is 3.13. The van der Waals surface area contributed by atoms with E-state index in [1.165, 1.54) is 0 Å². The third-order valence-corrected chi connectivity index (χ3v) is 2.32. The fraction of sp³-hybridized carbons (Fsp3) is 0.538. The lowest BCUT2D eigenvalue weighted by atomic mass is 9.98. The predicted molar refractivity (Wildman–Crippen MR) is 64.0 cm³/mol. The number of benzene rings is 1. The zero-order valence-corrected chi connectivity index (χ0v) is 9.86. The largest absolute Gasteiger partial charge is 0.494 e. The molecule has 1 rings (SSSR count). The minimum Gasteiger partial charge on any atom is -0.494 e. The Hall–Kier alpha value is -1.02. The van der Waals surface area contributed by atoms with Crippen LogP contribution in [-0.4, -0.2) is 6.61 Å². The molecule has 0 aliphatic carbocycles. The van der Waals surface area contributed by atoms with E-state index in [1.54, 1.807) is 0 Å². The molecule has 0 saturated heterocycles. The Labute approximate surface area is 92.4 Å². The molecule has 0 aromatic heterocycles. The van der Waals surface area contributed by atoms with Crippen LogP contribution in [0.15, 0.2) is 24.3 Å². The molecule has 0 saturated carbocycles. The van der Waals surface area contributed by atoms with Crippen LogP contribution in [0.2, 0.25) is 0 Å². The van der Waals surface area contributed by atoms with Gasteiger partial charge in [-0.15, -0.1) is 0 Å². The van der Waals surface area contributed by atoms with Crippen molar-refractivity contribution in [1.29, 1.82) is 0 Å². The molecule has 0 aliphatic rings. The highest BCUT2D eigenvalue weighted by atomic mass is 16.5. The average Bonchev–Trinajstić information content (AvgIpc) is 2.17. The van der Waals surface area contributed by atoms with Crippen LogP contribution in [0.25, 0.3) is 0 Å². The topological polar surface area (TPSA) is 35.2 Å². The zero-order chi connectivity index (χ0) is 11.3. The Morgan fingerprint density at radius 2 is 2.07 bits per heavy atom. The molecule has 1 atom stereocenters. The van der Waals surface area contributed by atoms with E-state index in [1.807, 2.05) is 25.1 Å². The van der Waals surface area contributed by atoms with Crippen LogP contribution in [0.4, 0.5) is 0 Å². The van der Waals surface area contributed by atoms with Gasteiger partial charge in [0.15, 0.2) is 0 Å². The lowest BCUT2D eigenvalue weighted by Crippen LogP contribution is -2.12. The molecule has 2 heteroatoms. The summed E-state index contributed by atoms with van der Waals surface area (Å²) < 4.78 is 5.45. The van der Waals surface area contributed by atoms with E-state index in [0.29, 0.717) is 12.5 Å². The summed E-state index contributed by atoms with van der Waals surface area (Å²) in [6.45, 7) is 7.06. The second kappa shape index (κ2) is 5.76. The smallest absolute Gasteiger partial charge is 0.119 e. The Kier molecular flexibility index (Phi) is 4.63. The van der Waals surface area contributed by atoms with Crippen molar-refractivity contribution in [2.45, 2.75) is 33.2 Å². The van der Waals surface area contributed by atoms with Crippen molar-refractivity contribution in [3.63, 3.8) is 0 Å². The van der Waals surface area contributed by atoms with Gasteiger partial charge in [0.1, 0.15) is 5.75 Å². The van der Waals surface area contributed by atoms with Crippen molar-refractivity contribution in [3.05, 3.63) is 29.8 Å². The number of nitrogens with two attached hydrogens (primary N) is 1. The van der Waals surface area contributed by atoms with E-state index in [-0.39, 0.29) is 6.04 Å². The molecule has 2 nitrogen and oxygen atoms in total. The maximum absolute atomic E-state index is 6.11. The highest BCUT2D eigenvalue weighted by Crippen LogP contribution is 2.22. The highest BCUT2D eigenvalue weighted by Gasteiger charge is 2.08. The Bertz CT molecular complexity index is 296. The summed E-state index contributed by atoms with van der Waals surface area (Å²) in [5.74, 6) is 1.53. The van der Waals surface area contributed by atoms with Gasteiger partial charge in [0.05, 0.1) is 6.61 Å². The van der Waals surface area contributed by atoms with E-state index in [2.05, 4.69) is 19.9 Å². The van der Waals surface area contributed by atoms with Gasteiger partial charge in [-0.2, -0.15) is 0 Å². The fourth-order valence-corrected chi connectivity index (χ4v) is 1.65. The number of hydrogen-bond donors (Lipinski definition) is 1. The maximum Gasteiger partial charge on any atom is 0.119 e. The molecule has 0 aliphatic heterocycles. The number of ether oxygens (including phenoxy) is 1. The Morgan fingerprint density at radius 1 is 1.33 bits per heavy atom. The monoisotopic (exact) mass is 207 g/mol. The number of hydrogen-bond acceptors (Lipinski definition) is 2. The van der Waals surface area contributed by atoms with Gasteiger partial charge in [-0.3, -0.25) is 0 Å². The number of rotatable bonds is 5.